The van der Waals surface area contributed by atoms with Crippen molar-refractivity contribution < 1.29 is 4.39 Å². The summed E-state index contributed by atoms with van der Waals surface area (Å²) in [6, 6.07) is 8.17. The van der Waals surface area contributed by atoms with E-state index < -0.39 is 5.82 Å². The van der Waals surface area contributed by atoms with Gasteiger partial charge in [-0.3, -0.25) is 0 Å². The van der Waals surface area contributed by atoms with Crippen LogP contribution in [-0.4, -0.2) is 23.6 Å². The quantitative estimate of drug-likeness (QED) is 0.910. The van der Waals surface area contributed by atoms with Crippen LogP contribution < -0.4 is 10.2 Å². The van der Waals surface area contributed by atoms with Crippen LogP contribution in [0.2, 0.25) is 0 Å². The minimum Gasteiger partial charge on any atom is -0.354 e. The van der Waals surface area contributed by atoms with E-state index in [1.165, 1.54) is 11.8 Å². The Labute approximate surface area is 118 Å². The van der Waals surface area contributed by atoms with Crippen molar-refractivity contribution in [1.29, 1.82) is 0 Å². The van der Waals surface area contributed by atoms with Crippen LogP contribution in [0.25, 0.3) is 0 Å². The number of benzene rings is 1. The predicted octanol–water partition coefficient (Wildman–Crippen LogP) is 2.99. The molecule has 1 aromatic carbocycles. The highest BCUT2D eigenvalue weighted by atomic mass is 19.1. The maximum atomic E-state index is 13.8. The summed E-state index contributed by atoms with van der Waals surface area (Å²) in [7, 11) is 1.82. The maximum Gasteiger partial charge on any atom is 0.224 e. The van der Waals surface area contributed by atoms with Crippen LogP contribution in [0.1, 0.15) is 18.1 Å². The van der Waals surface area contributed by atoms with E-state index in [9.17, 15) is 4.39 Å². The molecule has 0 aliphatic heterocycles. The van der Waals surface area contributed by atoms with Crippen LogP contribution in [0.5, 0.6) is 0 Å². The van der Waals surface area contributed by atoms with Gasteiger partial charge in [-0.2, -0.15) is 4.98 Å². The summed E-state index contributed by atoms with van der Waals surface area (Å²) >= 11 is 0. The second kappa shape index (κ2) is 6.32. The summed E-state index contributed by atoms with van der Waals surface area (Å²) in [6.45, 7) is 5.29. The Morgan fingerprint density at radius 1 is 1.25 bits per heavy atom. The average molecular weight is 274 g/mol. The van der Waals surface area contributed by atoms with E-state index in [0.717, 1.165) is 5.56 Å². The smallest absolute Gasteiger partial charge is 0.224 e. The van der Waals surface area contributed by atoms with Crippen LogP contribution >= 0.6 is 0 Å². The first-order valence-electron chi connectivity index (χ1n) is 6.63. The normalized spacial score (nSPS) is 10.4. The van der Waals surface area contributed by atoms with Gasteiger partial charge in [0.15, 0.2) is 11.6 Å². The van der Waals surface area contributed by atoms with E-state index in [0.29, 0.717) is 24.9 Å². The monoisotopic (exact) mass is 274 g/mol. The summed E-state index contributed by atoms with van der Waals surface area (Å²) in [6.07, 6.45) is 1.20. The van der Waals surface area contributed by atoms with Gasteiger partial charge in [-0.1, -0.05) is 29.8 Å². The van der Waals surface area contributed by atoms with Crippen molar-refractivity contribution >= 4 is 11.8 Å². The molecule has 0 aliphatic rings. The zero-order valence-electron chi connectivity index (χ0n) is 12.0. The molecule has 1 heterocycles. The maximum absolute atomic E-state index is 13.8. The van der Waals surface area contributed by atoms with Crippen molar-refractivity contribution in [1.82, 2.24) is 9.97 Å². The predicted molar refractivity (Wildman–Crippen MR) is 79.4 cm³/mol. The van der Waals surface area contributed by atoms with E-state index in [2.05, 4.69) is 15.3 Å². The molecule has 1 aromatic heterocycles. The number of anilines is 2. The molecule has 5 heteroatoms. The average Bonchev–Trinajstić information content (AvgIpc) is 2.43. The third-order valence-electron chi connectivity index (χ3n) is 2.96. The number of nitrogens with one attached hydrogen (secondary N) is 1. The molecule has 0 atom stereocenters. The fraction of sp³-hybridized carbons (Fsp3) is 0.333. The van der Waals surface area contributed by atoms with Crippen molar-refractivity contribution in [3.05, 3.63) is 47.4 Å². The van der Waals surface area contributed by atoms with Crippen molar-refractivity contribution in [2.75, 3.05) is 23.8 Å². The van der Waals surface area contributed by atoms with E-state index in [-0.39, 0.29) is 0 Å². The Hall–Kier alpha value is -2.17. The highest BCUT2D eigenvalue weighted by Crippen LogP contribution is 2.18. The summed E-state index contributed by atoms with van der Waals surface area (Å²) < 4.78 is 13.8. The van der Waals surface area contributed by atoms with Crippen molar-refractivity contribution in [2.24, 2.45) is 0 Å². The number of hydrogen-bond donors (Lipinski definition) is 1. The summed E-state index contributed by atoms with van der Waals surface area (Å²) in [5.74, 6) is 0.331. The first-order chi connectivity index (χ1) is 9.60. The zero-order chi connectivity index (χ0) is 14.5. The fourth-order valence-electron chi connectivity index (χ4n) is 1.91. The van der Waals surface area contributed by atoms with E-state index in [4.69, 9.17) is 0 Å². The molecule has 0 fully saturated rings. The van der Waals surface area contributed by atoms with Crippen LogP contribution in [-0.2, 0) is 6.54 Å². The van der Waals surface area contributed by atoms with Gasteiger partial charge in [0.25, 0.3) is 0 Å². The topological polar surface area (TPSA) is 41.1 Å². The van der Waals surface area contributed by atoms with Crippen molar-refractivity contribution in [3.63, 3.8) is 0 Å². The van der Waals surface area contributed by atoms with Gasteiger partial charge in [-0.05, 0) is 19.4 Å². The highest BCUT2D eigenvalue weighted by molar-refractivity contribution is 5.44. The lowest BCUT2D eigenvalue weighted by molar-refractivity contribution is 0.607. The lowest BCUT2D eigenvalue weighted by Crippen LogP contribution is -2.20. The molecule has 2 aromatic rings. The Morgan fingerprint density at radius 3 is 2.60 bits per heavy atom. The lowest BCUT2D eigenvalue weighted by Gasteiger charge is -2.19. The third-order valence-corrected chi connectivity index (χ3v) is 2.96. The molecule has 0 saturated carbocycles. The van der Waals surface area contributed by atoms with Gasteiger partial charge >= 0.3 is 0 Å². The van der Waals surface area contributed by atoms with Gasteiger partial charge < -0.3 is 10.2 Å². The molecule has 0 spiro atoms. The van der Waals surface area contributed by atoms with Crippen molar-refractivity contribution in [3.8, 4) is 0 Å². The van der Waals surface area contributed by atoms with Gasteiger partial charge in [0.1, 0.15) is 0 Å². The first kappa shape index (κ1) is 14.2. The Balaban J connectivity index is 2.17. The number of aryl methyl sites for hydroxylation is 1. The van der Waals surface area contributed by atoms with Crippen LogP contribution in [0.15, 0.2) is 30.5 Å². The summed E-state index contributed by atoms with van der Waals surface area (Å²) in [5, 5.41) is 2.99. The molecule has 0 bridgehead atoms. The number of rotatable bonds is 5. The van der Waals surface area contributed by atoms with Crippen LogP contribution in [0.4, 0.5) is 16.2 Å². The third kappa shape index (κ3) is 3.44. The van der Waals surface area contributed by atoms with Gasteiger partial charge in [0, 0.05) is 20.1 Å². The second-order valence-corrected chi connectivity index (χ2v) is 4.74. The Kier molecular flexibility index (Phi) is 4.50. The van der Waals surface area contributed by atoms with Gasteiger partial charge in [-0.25, -0.2) is 9.37 Å². The highest BCUT2D eigenvalue weighted by Gasteiger charge is 2.11. The molecule has 0 radical (unpaired) electrons. The molecule has 0 amide bonds. The first-order valence-corrected chi connectivity index (χ1v) is 6.63. The van der Waals surface area contributed by atoms with Gasteiger partial charge in [-0.15, -0.1) is 0 Å². The number of hydrogen-bond acceptors (Lipinski definition) is 4. The number of nitrogens with zero attached hydrogens (tertiary/aromatic N) is 3. The molecule has 0 aliphatic carbocycles. The minimum absolute atomic E-state index is 0.302. The fourth-order valence-corrected chi connectivity index (χ4v) is 1.91. The molecule has 1 N–H and O–H groups in total. The number of halogens is 1. The largest absolute Gasteiger partial charge is 0.354 e. The molecular weight excluding hydrogens is 255 g/mol. The molecule has 2 rings (SSSR count). The molecular formula is C15H19FN4. The molecule has 0 saturated heterocycles. The van der Waals surface area contributed by atoms with Crippen LogP contribution in [0.3, 0.4) is 0 Å². The van der Waals surface area contributed by atoms with E-state index in [1.54, 1.807) is 4.90 Å². The molecule has 20 heavy (non-hydrogen) atoms. The molecule has 4 nitrogen and oxygen atoms in total. The van der Waals surface area contributed by atoms with Gasteiger partial charge in [0.2, 0.25) is 5.95 Å². The zero-order valence-corrected chi connectivity index (χ0v) is 12.0. The second-order valence-electron chi connectivity index (χ2n) is 4.74. The van der Waals surface area contributed by atoms with E-state index >= 15 is 0 Å². The lowest BCUT2D eigenvalue weighted by atomic mass is 10.1. The standard InChI is InChI=1S/C15H19FN4/c1-4-17-15-18-9-13(16)14(19-15)20(3)10-12-7-5-11(2)6-8-12/h5-9H,4,10H2,1-3H3,(H,17,18,19). The van der Waals surface area contributed by atoms with Crippen molar-refractivity contribution in [2.45, 2.75) is 20.4 Å². The van der Waals surface area contributed by atoms with Crippen LogP contribution in [0, 0.1) is 12.7 Å². The summed E-state index contributed by atoms with van der Waals surface area (Å²) in [5.41, 5.74) is 2.32. The molecule has 0 unspecified atom stereocenters. The minimum atomic E-state index is -0.415. The Bertz CT molecular complexity index is 569. The Morgan fingerprint density at radius 2 is 1.95 bits per heavy atom. The molecule has 106 valence electrons. The SMILES string of the molecule is CCNc1ncc(F)c(N(C)Cc2ccc(C)cc2)n1. The number of aromatic nitrogens is 2. The van der Waals surface area contributed by atoms with Gasteiger partial charge in [0.05, 0.1) is 6.20 Å². The van der Waals surface area contributed by atoms with E-state index in [1.807, 2.05) is 45.2 Å². The summed E-state index contributed by atoms with van der Waals surface area (Å²) in [4.78, 5) is 9.89.